The average molecular weight is 1990 g/mol. The van der Waals surface area contributed by atoms with Crippen molar-refractivity contribution in [2.75, 3.05) is 169 Å². The minimum absolute atomic E-state index is 0.206. The number of hydrogen-bond donors (Lipinski definition) is 8. The van der Waals surface area contributed by atoms with E-state index in [0.29, 0.717) is 177 Å². The zero-order chi connectivity index (χ0) is 101. The molecule has 8 N–H and O–H groups in total. The van der Waals surface area contributed by atoms with Crippen molar-refractivity contribution in [2.45, 2.75) is 61.7 Å². The first-order chi connectivity index (χ1) is 68.5. The number of methoxy groups -OCH3 is 4. The number of aryl methyl sites for hydroxylation is 3. The van der Waals surface area contributed by atoms with E-state index < -0.39 is 70.7 Å². The van der Waals surface area contributed by atoms with Gasteiger partial charge in [0.05, 0.1) is 56.3 Å². The molecule has 9 amide bonds. The van der Waals surface area contributed by atoms with Gasteiger partial charge in [0, 0.05) is 186 Å². The number of urea groups is 4. The van der Waals surface area contributed by atoms with E-state index >= 15 is 0 Å². The van der Waals surface area contributed by atoms with Crippen LogP contribution in [-0.2, 0) is 26.0 Å². The molecule has 0 bridgehead atoms. The maximum atomic E-state index is 14.1. The Hall–Kier alpha value is -14.0. The molecule has 0 saturated carbocycles. The van der Waals surface area contributed by atoms with E-state index in [0.717, 1.165) is 63.5 Å². The van der Waals surface area contributed by atoms with Crippen molar-refractivity contribution in [1.29, 1.82) is 0 Å². The number of para-hydroxylation sites is 1. The lowest BCUT2D eigenvalue weighted by Gasteiger charge is -2.20. The molecule has 32 nitrogen and oxygen atoms in total. The van der Waals surface area contributed by atoms with Crippen LogP contribution in [0.1, 0.15) is 67.4 Å². The zero-order valence-corrected chi connectivity index (χ0v) is 80.9. The monoisotopic (exact) mass is 1990 g/mol. The van der Waals surface area contributed by atoms with E-state index in [1.807, 2.05) is 128 Å². The number of aromatic nitrogens is 10. The second-order valence-corrected chi connectivity index (χ2v) is 36.3. The van der Waals surface area contributed by atoms with Crippen molar-refractivity contribution in [2.24, 2.45) is 7.05 Å². The Kier molecular flexibility index (Phi) is 36.2. The van der Waals surface area contributed by atoms with Crippen LogP contribution in [0.4, 0.5) is 76.2 Å². The molecular weight excluding hydrogens is 1880 g/mol. The van der Waals surface area contributed by atoms with E-state index in [1.165, 1.54) is 45.2 Å². The summed E-state index contributed by atoms with van der Waals surface area (Å²) in [6, 6.07) is 50.1. The second kappa shape index (κ2) is 49.4. The summed E-state index contributed by atoms with van der Waals surface area (Å²) in [5, 5.41) is 34.0. The number of rotatable bonds is 30. The van der Waals surface area contributed by atoms with Gasteiger partial charge in [0.1, 0.15) is 38.0 Å². The van der Waals surface area contributed by atoms with Crippen LogP contribution in [0.5, 0.6) is 0 Å². The van der Waals surface area contributed by atoms with Gasteiger partial charge < -0.3 is 45.1 Å². The van der Waals surface area contributed by atoms with Gasteiger partial charge in [-0.15, -0.1) is 10.2 Å². The molecule has 8 atom stereocenters. The largest absolute Gasteiger partial charge is 0.383 e. The van der Waals surface area contributed by atoms with Crippen LogP contribution in [0.15, 0.2) is 207 Å². The Morgan fingerprint density at radius 2 is 0.725 bits per heavy atom. The molecule has 17 rings (SSSR count). The summed E-state index contributed by atoms with van der Waals surface area (Å²) in [5.41, 5.74) is 7.59. The van der Waals surface area contributed by atoms with Gasteiger partial charge in [0.2, 0.25) is 11.9 Å². The zero-order valence-electron chi connectivity index (χ0n) is 79.3. The molecule has 9 heterocycles. The highest BCUT2D eigenvalue weighted by atomic mass is 32.1. The van der Waals surface area contributed by atoms with E-state index in [1.54, 1.807) is 97.8 Å². The van der Waals surface area contributed by atoms with Crippen LogP contribution in [0, 0.1) is 60.4 Å². The van der Waals surface area contributed by atoms with Crippen molar-refractivity contribution >= 4 is 74.6 Å². The number of halogens is 8. The predicted molar refractivity (Wildman–Crippen MR) is 525 cm³/mol. The van der Waals surface area contributed by atoms with E-state index in [4.69, 9.17) is 23.9 Å². The molecule has 13 aromatic rings. The summed E-state index contributed by atoms with van der Waals surface area (Å²) >= 11 is 2.43. The third-order valence-electron chi connectivity index (χ3n) is 24.2. The van der Waals surface area contributed by atoms with Crippen molar-refractivity contribution in [1.82, 2.24) is 95.2 Å². The van der Waals surface area contributed by atoms with Gasteiger partial charge in [-0.25, -0.2) is 78.9 Å². The van der Waals surface area contributed by atoms with E-state index in [9.17, 15) is 59.1 Å². The van der Waals surface area contributed by atoms with E-state index in [-0.39, 0.29) is 64.7 Å². The molecule has 4 saturated heterocycles. The number of carbonyl (C=O) groups is 5. The highest BCUT2D eigenvalue weighted by Crippen LogP contribution is 2.41. The molecule has 8 aromatic carbocycles. The summed E-state index contributed by atoms with van der Waals surface area (Å²) in [5.74, 6) is -6.15. The quantitative estimate of drug-likeness (QED) is 0.0194. The van der Waals surface area contributed by atoms with Gasteiger partial charge in [0.25, 0.3) is 5.91 Å². The van der Waals surface area contributed by atoms with Crippen molar-refractivity contribution in [3.63, 3.8) is 0 Å². The fourth-order valence-corrected chi connectivity index (χ4v) is 19.0. The van der Waals surface area contributed by atoms with Gasteiger partial charge in [-0.1, -0.05) is 156 Å². The number of likely N-dealkylation sites (tertiary alicyclic amines) is 4. The molecule has 142 heavy (non-hydrogen) atoms. The molecule has 4 aliphatic rings. The van der Waals surface area contributed by atoms with Crippen LogP contribution >= 0.6 is 22.7 Å². The minimum atomic E-state index is -0.925. The first-order valence-electron chi connectivity index (χ1n) is 45.6. The fourth-order valence-electron chi connectivity index (χ4n) is 17.0. The summed E-state index contributed by atoms with van der Waals surface area (Å²) in [4.78, 5) is 101. The summed E-state index contributed by atoms with van der Waals surface area (Å²) in [6.45, 7) is 12.7. The van der Waals surface area contributed by atoms with Gasteiger partial charge in [0.15, 0.2) is 57.4 Å². The van der Waals surface area contributed by atoms with Crippen LogP contribution in [0.3, 0.4) is 0 Å². The van der Waals surface area contributed by atoms with Gasteiger partial charge in [-0.05, 0) is 96.8 Å². The molecule has 5 aromatic heterocycles. The van der Waals surface area contributed by atoms with Gasteiger partial charge >= 0.3 is 24.1 Å². The number of nitrogens with one attached hydrogen (secondary N) is 8. The lowest BCUT2D eigenvalue weighted by atomic mass is 9.94. The normalized spacial score (nSPS) is 17.9. The molecule has 0 radical (unpaired) electrons. The minimum Gasteiger partial charge on any atom is -0.383 e. The Morgan fingerprint density at radius 1 is 0.380 bits per heavy atom. The number of ether oxygens (including phenoxy) is 4. The second-order valence-electron chi connectivity index (χ2n) is 34.3. The Labute approximate surface area is 823 Å². The lowest BCUT2D eigenvalue weighted by molar-refractivity contribution is 0.0827. The van der Waals surface area contributed by atoms with Gasteiger partial charge in [-0.2, -0.15) is 14.6 Å². The molecule has 0 spiro atoms. The Balaban J connectivity index is 0.000000151. The van der Waals surface area contributed by atoms with Crippen LogP contribution in [0.2, 0.25) is 0 Å². The number of anilines is 4. The molecule has 0 unspecified atom stereocenters. The van der Waals surface area contributed by atoms with Crippen molar-refractivity contribution in [3.05, 3.63) is 292 Å². The smallest absolute Gasteiger partial charge is 0.321 e. The Bertz CT molecular complexity index is 6430. The molecule has 42 heteroatoms. The molecule has 746 valence electrons. The van der Waals surface area contributed by atoms with Crippen LogP contribution in [0.25, 0.3) is 50.2 Å². The average Bonchev–Trinajstić information content (AvgIpc) is 1.66. The highest BCUT2D eigenvalue weighted by molar-refractivity contribution is 7.19. The lowest BCUT2D eigenvalue weighted by Crippen LogP contribution is -2.42. The molecule has 4 aliphatic heterocycles. The summed E-state index contributed by atoms with van der Waals surface area (Å²) < 4.78 is 134. The fraction of sp³-hybridized carbons (Fsp3) is 0.330. The summed E-state index contributed by atoms with van der Waals surface area (Å²) in [7, 11) is 11.5. The maximum absolute atomic E-state index is 14.1. The number of nitrogens with zero attached hydrogens (tertiary/aromatic N) is 15. The number of amides is 9. The number of hydrogen-bond acceptors (Lipinski definition) is 23. The highest BCUT2D eigenvalue weighted by Gasteiger charge is 2.41. The predicted octanol–water partition coefficient (Wildman–Crippen LogP) is 15.2. The van der Waals surface area contributed by atoms with Crippen LogP contribution in [-0.4, -0.2) is 276 Å². The number of carbonyl (C=O) groups excluding carboxylic acids is 5. The van der Waals surface area contributed by atoms with Crippen molar-refractivity contribution in [3.8, 4) is 50.2 Å². The molecular formula is C100H109F8N23O9S2. The number of thiazole rings is 2. The third-order valence-corrected chi connectivity index (χ3v) is 26.1. The first kappa shape index (κ1) is 104. The topological polar surface area (TPSA) is 348 Å². The molecule has 4 fully saturated rings. The SMILES string of the molecule is COCCN1C[C@@H](NC(=O)Nc2nc(-c3ccccc3)nn2C)[C@H](c2ccc(F)c(F)c2)C1.COCCN1C[C@@H](NC(=O)Nc2nc(C)nn2-c2ccccc2)[C@H](c2ccc(F)c(F)c2)C1.COCCN1C[C@@H](NC(=O)Nc2sc(-c3cnc(C)nc3)nc2-c2ccccc2)[C@H](c2ccc(F)c(F)c2)C1.COCCN1C[C@@H](NC(=O)Nc2sc(C(=O)N(C)C)nc2-c2ccccc2)[C@H](c2ccc(F)c(F)c2)C1. The van der Waals surface area contributed by atoms with Crippen LogP contribution < -0.4 is 42.5 Å². The van der Waals surface area contributed by atoms with E-state index in [2.05, 4.69) is 97.3 Å². The maximum Gasteiger partial charge on any atom is 0.321 e. The van der Waals surface area contributed by atoms with Crippen molar-refractivity contribution < 1.29 is 78.0 Å². The Morgan fingerprint density at radius 3 is 1.09 bits per heavy atom. The molecule has 0 aliphatic carbocycles. The number of benzene rings is 8. The first-order valence-corrected chi connectivity index (χ1v) is 47.2. The summed E-state index contributed by atoms with van der Waals surface area (Å²) in [6.07, 6.45) is 3.42. The standard InChI is InChI=1S/C28H28F2N6O2S.C26H29F2N5O3S.2C23H26F2N6O2/c1-17-31-13-20(14-32-17)26-34-25(18-6-4-3-5-7-18)27(39-26)35-28(37)33-24-16-36(10-11-38-2)15-21(24)19-8-9-22(29)23(30)12-19;1-32(2)25(34)24-30-22(16-7-5-4-6-8-16)23(37-24)31-26(35)29-21-15-33(11-12-36-3)14-18(21)17-9-10-19(27)20(28)13-17;1-30-22(27-21(29-30)15-6-4-3-5-7-15)28-23(32)26-20-14-31(10-11-33-2)13-17(20)16-8-9-18(24)19(25)12-16;1-15-26-22(31(29-15)17-6-4-3-5-7-17)28-23(32)27-21-14-30(10-11-33-2)13-18(21)16-8-9-19(24)20(25)12-16/h3-9,12-14,21,24H,10-11,15-16H2,1-2H3,(H2,33,35,37);4-10,13,18,21H,11-12,14-15H2,1-3H3,(H2,29,31,35);3-9,12,17,20H,10-11,13-14H2,1-2H3,(H2,26,27,28,29,32);3-9,12,18,21H,10-11,13-14H2,1-2H3,(H2,26,27,28,29,32)/t21-,24+;18-,21+;17-,20+;18-,21+/m0000/s1. The van der Waals surface area contributed by atoms with Gasteiger partial charge in [-0.3, -0.25) is 45.7 Å². The third kappa shape index (κ3) is 27.4.